The van der Waals surface area contributed by atoms with E-state index in [0.29, 0.717) is 11.5 Å². The standard InChI is InChI=1S/C17H29N/c1-6-14-13(3)10-11-17(4,5)16(14)15-9-8-12-18(15)7-2/h7,13,15H,2,6,8-12H2,1,3-5H3. The molecule has 1 saturated heterocycles. The average Bonchev–Trinajstić information content (AvgIpc) is 2.79. The van der Waals surface area contributed by atoms with E-state index in [-0.39, 0.29) is 0 Å². The Morgan fingerprint density at radius 1 is 1.39 bits per heavy atom. The number of hydrogen-bond acceptors (Lipinski definition) is 1. The first-order chi connectivity index (χ1) is 8.51. The zero-order valence-corrected chi connectivity index (χ0v) is 12.6. The van der Waals surface area contributed by atoms with Gasteiger partial charge in [-0.1, -0.05) is 39.8 Å². The third-order valence-electron chi connectivity index (χ3n) is 5.12. The van der Waals surface area contributed by atoms with Crippen LogP contribution in [0.2, 0.25) is 0 Å². The van der Waals surface area contributed by atoms with Crippen molar-refractivity contribution in [2.24, 2.45) is 11.3 Å². The van der Waals surface area contributed by atoms with E-state index in [1.165, 1.54) is 38.6 Å². The molecule has 2 atom stereocenters. The zero-order valence-electron chi connectivity index (χ0n) is 12.6. The molecule has 1 fully saturated rings. The fourth-order valence-electron chi connectivity index (χ4n) is 4.11. The molecule has 0 bridgehead atoms. The molecule has 0 saturated carbocycles. The molecule has 1 nitrogen and oxygen atoms in total. The van der Waals surface area contributed by atoms with Gasteiger partial charge in [-0.25, -0.2) is 0 Å². The summed E-state index contributed by atoms with van der Waals surface area (Å²) in [5, 5.41) is 0. The molecule has 0 N–H and O–H groups in total. The Labute approximate surface area is 113 Å². The van der Waals surface area contributed by atoms with Crippen molar-refractivity contribution in [3.8, 4) is 0 Å². The highest BCUT2D eigenvalue weighted by Crippen LogP contribution is 2.48. The maximum atomic E-state index is 4.01. The Balaban J connectivity index is 2.43. The monoisotopic (exact) mass is 247 g/mol. The van der Waals surface area contributed by atoms with Crippen LogP contribution in [-0.4, -0.2) is 17.5 Å². The van der Waals surface area contributed by atoms with Crippen molar-refractivity contribution in [1.82, 2.24) is 4.90 Å². The molecule has 2 unspecified atom stereocenters. The highest BCUT2D eigenvalue weighted by Gasteiger charge is 2.39. The predicted octanol–water partition coefficient (Wildman–Crippen LogP) is 4.76. The molecule has 1 heterocycles. The molecule has 102 valence electrons. The van der Waals surface area contributed by atoms with E-state index in [1.54, 1.807) is 11.1 Å². The number of hydrogen-bond donors (Lipinski definition) is 0. The molecule has 1 heteroatoms. The van der Waals surface area contributed by atoms with Gasteiger partial charge in [0.15, 0.2) is 0 Å². The smallest absolute Gasteiger partial charge is 0.0505 e. The summed E-state index contributed by atoms with van der Waals surface area (Å²) >= 11 is 0. The van der Waals surface area contributed by atoms with Crippen LogP contribution in [0.25, 0.3) is 0 Å². The Morgan fingerprint density at radius 3 is 2.72 bits per heavy atom. The largest absolute Gasteiger partial charge is 0.371 e. The molecule has 0 radical (unpaired) electrons. The van der Waals surface area contributed by atoms with E-state index in [4.69, 9.17) is 0 Å². The van der Waals surface area contributed by atoms with E-state index in [2.05, 4.69) is 45.4 Å². The summed E-state index contributed by atoms with van der Waals surface area (Å²) in [6.07, 6.45) is 8.63. The quantitative estimate of drug-likeness (QED) is 0.650. The summed E-state index contributed by atoms with van der Waals surface area (Å²) in [7, 11) is 0. The molecule has 0 aromatic heterocycles. The van der Waals surface area contributed by atoms with Crippen molar-refractivity contribution in [2.45, 2.75) is 65.8 Å². The third kappa shape index (κ3) is 2.24. The zero-order chi connectivity index (χ0) is 13.3. The Morgan fingerprint density at radius 2 is 2.11 bits per heavy atom. The van der Waals surface area contributed by atoms with Gasteiger partial charge in [0.05, 0.1) is 6.04 Å². The lowest BCUT2D eigenvalue weighted by atomic mass is 9.66. The van der Waals surface area contributed by atoms with Crippen LogP contribution < -0.4 is 0 Å². The van der Waals surface area contributed by atoms with E-state index in [9.17, 15) is 0 Å². The second kappa shape index (κ2) is 5.11. The maximum Gasteiger partial charge on any atom is 0.0505 e. The summed E-state index contributed by atoms with van der Waals surface area (Å²) < 4.78 is 0. The first-order valence-electron chi connectivity index (χ1n) is 7.63. The second-order valence-corrected chi connectivity index (χ2v) is 6.69. The summed E-state index contributed by atoms with van der Waals surface area (Å²) in [6, 6.07) is 0.634. The van der Waals surface area contributed by atoms with Crippen LogP contribution in [0.4, 0.5) is 0 Å². The van der Waals surface area contributed by atoms with E-state index >= 15 is 0 Å². The second-order valence-electron chi connectivity index (χ2n) is 6.69. The topological polar surface area (TPSA) is 3.24 Å². The molecule has 2 rings (SSSR count). The van der Waals surface area contributed by atoms with Gasteiger partial charge in [-0.05, 0) is 55.2 Å². The number of rotatable bonds is 3. The fourth-order valence-corrected chi connectivity index (χ4v) is 4.11. The molecule has 18 heavy (non-hydrogen) atoms. The average molecular weight is 247 g/mol. The van der Waals surface area contributed by atoms with Crippen molar-refractivity contribution >= 4 is 0 Å². The highest BCUT2D eigenvalue weighted by molar-refractivity contribution is 5.31. The van der Waals surface area contributed by atoms with Crippen LogP contribution in [0.1, 0.15) is 59.8 Å². The first kappa shape index (κ1) is 13.7. The molecule has 0 aromatic rings. The molecule has 0 aromatic carbocycles. The fraction of sp³-hybridized carbons (Fsp3) is 0.765. The van der Waals surface area contributed by atoms with E-state index in [0.717, 1.165) is 5.92 Å². The summed E-state index contributed by atoms with van der Waals surface area (Å²) in [5.41, 5.74) is 3.87. The third-order valence-corrected chi connectivity index (χ3v) is 5.12. The molecule has 1 aliphatic heterocycles. The van der Waals surface area contributed by atoms with Crippen LogP contribution in [0, 0.1) is 11.3 Å². The maximum absolute atomic E-state index is 4.01. The van der Waals surface area contributed by atoms with Crippen LogP contribution in [0.15, 0.2) is 23.9 Å². The van der Waals surface area contributed by atoms with Gasteiger partial charge in [-0.3, -0.25) is 0 Å². The summed E-state index contributed by atoms with van der Waals surface area (Å²) in [6.45, 7) is 14.8. The van der Waals surface area contributed by atoms with E-state index in [1.807, 2.05) is 0 Å². The molecule has 2 aliphatic rings. The lowest BCUT2D eigenvalue weighted by molar-refractivity contribution is 0.262. The van der Waals surface area contributed by atoms with Gasteiger partial charge in [0.2, 0.25) is 0 Å². The highest BCUT2D eigenvalue weighted by atomic mass is 15.2. The van der Waals surface area contributed by atoms with Gasteiger partial charge in [0.1, 0.15) is 0 Å². The molecule has 1 aliphatic carbocycles. The van der Waals surface area contributed by atoms with Gasteiger partial charge in [0.25, 0.3) is 0 Å². The van der Waals surface area contributed by atoms with Crippen LogP contribution >= 0.6 is 0 Å². The minimum atomic E-state index is 0.383. The Hall–Kier alpha value is -0.720. The van der Waals surface area contributed by atoms with Crippen LogP contribution in [0.3, 0.4) is 0 Å². The van der Waals surface area contributed by atoms with Gasteiger partial charge in [-0.15, -0.1) is 0 Å². The molecule has 0 amide bonds. The predicted molar refractivity (Wildman–Crippen MR) is 79.4 cm³/mol. The number of nitrogens with zero attached hydrogens (tertiary/aromatic N) is 1. The lowest BCUT2D eigenvalue weighted by Crippen LogP contribution is -2.37. The van der Waals surface area contributed by atoms with Crippen LogP contribution in [-0.2, 0) is 0 Å². The van der Waals surface area contributed by atoms with Crippen molar-refractivity contribution < 1.29 is 0 Å². The first-order valence-corrected chi connectivity index (χ1v) is 7.63. The van der Waals surface area contributed by atoms with Crippen molar-refractivity contribution in [3.05, 3.63) is 23.9 Å². The van der Waals surface area contributed by atoms with Crippen molar-refractivity contribution in [1.29, 1.82) is 0 Å². The lowest BCUT2D eigenvalue weighted by Gasteiger charge is -2.43. The SMILES string of the molecule is C=CN1CCCC1C1=C(CC)C(C)CCC1(C)C. The number of likely N-dealkylation sites (tertiary alicyclic amines) is 1. The van der Waals surface area contributed by atoms with Gasteiger partial charge >= 0.3 is 0 Å². The van der Waals surface area contributed by atoms with Crippen LogP contribution in [0.5, 0.6) is 0 Å². The van der Waals surface area contributed by atoms with Gasteiger partial charge in [0, 0.05) is 6.54 Å². The molecule has 0 spiro atoms. The minimum Gasteiger partial charge on any atom is -0.371 e. The van der Waals surface area contributed by atoms with Crippen molar-refractivity contribution in [3.63, 3.8) is 0 Å². The molecular formula is C17H29N. The van der Waals surface area contributed by atoms with Gasteiger partial charge in [-0.2, -0.15) is 0 Å². The Kier molecular flexibility index (Phi) is 3.89. The van der Waals surface area contributed by atoms with E-state index < -0.39 is 0 Å². The van der Waals surface area contributed by atoms with Crippen molar-refractivity contribution in [2.75, 3.05) is 6.54 Å². The normalized spacial score (nSPS) is 31.9. The minimum absolute atomic E-state index is 0.383. The summed E-state index contributed by atoms with van der Waals surface area (Å²) in [5.74, 6) is 0.783. The number of allylic oxidation sites excluding steroid dienone is 1. The van der Waals surface area contributed by atoms with Gasteiger partial charge < -0.3 is 4.90 Å². The summed E-state index contributed by atoms with van der Waals surface area (Å²) in [4.78, 5) is 2.48. The molecular weight excluding hydrogens is 218 g/mol. The Bertz CT molecular complexity index is 351.